The molecule has 0 saturated carbocycles. The Morgan fingerprint density at radius 2 is 2.27 bits per heavy atom. The van der Waals surface area contributed by atoms with E-state index >= 15 is 0 Å². The molecule has 2 bridgehead atoms. The van der Waals surface area contributed by atoms with Crippen molar-refractivity contribution in [3.05, 3.63) is 0 Å². The second-order valence-electron chi connectivity index (χ2n) is 4.54. The van der Waals surface area contributed by atoms with Crippen LogP contribution in [0.15, 0.2) is 0 Å². The molecule has 15 heavy (non-hydrogen) atoms. The Kier molecular flexibility index (Phi) is 2.98. The topological polar surface area (TPSA) is 49.8 Å². The van der Waals surface area contributed by atoms with E-state index in [1.807, 2.05) is 7.05 Å². The molecule has 0 aromatic carbocycles. The van der Waals surface area contributed by atoms with Crippen molar-refractivity contribution in [2.24, 2.45) is 5.92 Å². The van der Waals surface area contributed by atoms with E-state index in [0.29, 0.717) is 19.1 Å². The molecule has 0 amide bonds. The van der Waals surface area contributed by atoms with Crippen molar-refractivity contribution in [1.82, 2.24) is 4.90 Å². The highest BCUT2D eigenvalue weighted by atomic mass is 16.5. The molecule has 0 aromatic heterocycles. The molecule has 4 atom stereocenters. The first-order chi connectivity index (χ1) is 7.15. The zero-order valence-electron chi connectivity index (χ0n) is 9.35. The maximum atomic E-state index is 11.7. The molecule has 0 unspecified atom stereocenters. The highest BCUT2D eigenvalue weighted by Gasteiger charge is 2.48. The smallest absolute Gasteiger partial charge is 0.313 e. The standard InChI is InChI=1S/C11H19NO3/c1-3-15-11(14)10-8-5-4-7(12(8)2)6-9(10)13/h7-10,13H,3-6H2,1-2H3/t7-,8+,9-,10+/m0/s1. The summed E-state index contributed by atoms with van der Waals surface area (Å²) in [6.45, 7) is 2.19. The summed E-state index contributed by atoms with van der Waals surface area (Å²) in [7, 11) is 2.04. The number of nitrogens with zero attached hydrogens (tertiary/aromatic N) is 1. The number of aliphatic hydroxyl groups excluding tert-OH is 1. The van der Waals surface area contributed by atoms with E-state index in [-0.39, 0.29) is 17.9 Å². The van der Waals surface area contributed by atoms with Crippen LogP contribution in [0, 0.1) is 5.92 Å². The molecule has 2 heterocycles. The maximum absolute atomic E-state index is 11.7. The van der Waals surface area contributed by atoms with Gasteiger partial charge in [0.1, 0.15) is 0 Å². The van der Waals surface area contributed by atoms with Gasteiger partial charge < -0.3 is 9.84 Å². The van der Waals surface area contributed by atoms with Gasteiger partial charge in [-0.1, -0.05) is 0 Å². The van der Waals surface area contributed by atoms with Crippen LogP contribution in [0.25, 0.3) is 0 Å². The largest absolute Gasteiger partial charge is 0.466 e. The fourth-order valence-corrected chi connectivity index (χ4v) is 2.99. The Bertz CT molecular complexity index is 256. The van der Waals surface area contributed by atoms with Gasteiger partial charge in [-0.05, 0) is 33.2 Å². The van der Waals surface area contributed by atoms with Crippen molar-refractivity contribution >= 4 is 5.97 Å². The third kappa shape index (κ3) is 1.76. The van der Waals surface area contributed by atoms with Crippen molar-refractivity contribution in [3.63, 3.8) is 0 Å². The molecule has 0 aliphatic carbocycles. The van der Waals surface area contributed by atoms with Crippen LogP contribution in [0.3, 0.4) is 0 Å². The molecule has 0 spiro atoms. The minimum absolute atomic E-state index is 0.179. The SMILES string of the molecule is CCOC(=O)[C@@H]1[C@H]2CC[C@@H](C[C@@H]1O)N2C. The lowest BCUT2D eigenvalue weighted by Gasteiger charge is -2.39. The van der Waals surface area contributed by atoms with Gasteiger partial charge in [0.25, 0.3) is 0 Å². The van der Waals surface area contributed by atoms with E-state index < -0.39 is 6.10 Å². The van der Waals surface area contributed by atoms with Crippen LogP contribution in [0.5, 0.6) is 0 Å². The molecule has 86 valence electrons. The van der Waals surface area contributed by atoms with Gasteiger partial charge in [0.05, 0.1) is 18.6 Å². The number of ether oxygens (including phenoxy) is 1. The number of esters is 1. The van der Waals surface area contributed by atoms with E-state index in [2.05, 4.69) is 4.90 Å². The second-order valence-corrected chi connectivity index (χ2v) is 4.54. The predicted octanol–water partition coefficient (Wildman–Crippen LogP) is 0.393. The fraction of sp³-hybridized carbons (Fsp3) is 0.909. The highest BCUT2D eigenvalue weighted by Crippen LogP contribution is 2.38. The third-order valence-electron chi connectivity index (χ3n) is 3.80. The quantitative estimate of drug-likeness (QED) is 0.674. The first-order valence-corrected chi connectivity index (χ1v) is 5.71. The highest BCUT2D eigenvalue weighted by molar-refractivity contribution is 5.74. The Balaban J connectivity index is 2.12. The summed E-state index contributed by atoms with van der Waals surface area (Å²) < 4.78 is 5.03. The first kappa shape index (κ1) is 10.9. The number of carbonyl (C=O) groups is 1. The number of piperidine rings is 1. The second kappa shape index (κ2) is 4.10. The lowest BCUT2D eigenvalue weighted by Crippen LogP contribution is -2.52. The van der Waals surface area contributed by atoms with Crippen LogP contribution in [0.4, 0.5) is 0 Å². The molecular weight excluding hydrogens is 194 g/mol. The molecule has 4 heteroatoms. The lowest BCUT2D eigenvalue weighted by atomic mass is 9.88. The van der Waals surface area contributed by atoms with Crippen LogP contribution in [0.1, 0.15) is 26.2 Å². The number of hydrogen-bond donors (Lipinski definition) is 1. The summed E-state index contributed by atoms with van der Waals surface area (Å²) in [5.74, 6) is -0.573. The molecule has 2 saturated heterocycles. The van der Waals surface area contributed by atoms with Gasteiger partial charge in [-0.3, -0.25) is 9.69 Å². The van der Waals surface area contributed by atoms with E-state index in [1.54, 1.807) is 6.92 Å². The number of fused-ring (bicyclic) bond motifs is 2. The summed E-state index contributed by atoms with van der Waals surface area (Å²) in [5, 5.41) is 9.94. The average molecular weight is 213 g/mol. The minimum atomic E-state index is -0.516. The summed E-state index contributed by atoms with van der Waals surface area (Å²) in [6.07, 6.45) is 2.28. The Hall–Kier alpha value is -0.610. The van der Waals surface area contributed by atoms with Crippen molar-refractivity contribution in [3.8, 4) is 0 Å². The molecule has 1 N–H and O–H groups in total. The van der Waals surface area contributed by atoms with Crippen molar-refractivity contribution in [1.29, 1.82) is 0 Å². The molecular formula is C11H19NO3. The first-order valence-electron chi connectivity index (χ1n) is 5.71. The zero-order valence-corrected chi connectivity index (χ0v) is 9.35. The minimum Gasteiger partial charge on any atom is -0.466 e. The molecule has 2 aliphatic heterocycles. The third-order valence-corrected chi connectivity index (χ3v) is 3.80. The Morgan fingerprint density at radius 1 is 1.53 bits per heavy atom. The summed E-state index contributed by atoms with van der Waals surface area (Å²) >= 11 is 0. The zero-order chi connectivity index (χ0) is 11.0. The van der Waals surface area contributed by atoms with Gasteiger partial charge >= 0.3 is 5.97 Å². The number of aliphatic hydroxyl groups is 1. The van der Waals surface area contributed by atoms with Gasteiger partial charge in [0.15, 0.2) is 0 Å². The number of carbonyl (C=O) groups excluding carboxylic acids is 1. The summed E-state index contributed by atoms with van der Waals surface area (Å²) in [5.41, 5.74) is 0. The van der Waals surface area contributed by atoms with Crippen LogP contribution in [-0.2, 0) is 9.53 Å². The Labute approximate surface area is 90.2 Å². The van der Waals surface area contributed by atoms with Gasteiger partial charge in [-0.15, -0.1) is 0 Å². The molecule has 4 nitrogen and oxygen atoms in total. The Morgan fingerprint density at radius 3 is 2.93 bits per heavy atom. The van der Waals surface area contributed by atoms with Crippen LogP contribution in [-0.4, -0.2) is 47.8 Å². The lowest BCUT2D eigenvalue weighted by molar-refractivity contribution is -0.158. The van der Waals surface area contributed by atoms with E-state index in [1.165, 1.54) is 0 Å². The number of hydrogen-bond acceptors (Lipinski definition) is 4. The van der Waals surface area contributed by atoms with E-state index in [4.69, 9.17) is 4.74 Å². The summed E-state index contributed by atoms with van der Waals surface area (Å²) in [4.78, 5) is 14.0. The van der Waals surface area contributed by atoms with Crippen molar-refractivity contribution in [2.45, 2.75) is 44.4 Å². The van der Waals surface area contributed by atoms with Crippen molar-refractivity contribution < 1.29 is 14.6 Å². The van der Waals surface area contributed by atoms with Crippen LogP contribution < -0.4 is 0 Å². The van der Waals surface area contributed by atoms with Crippen LogP contribution >= 0.6 is 0 Å². The monoisotopic (exact) mass is 213 g/mol. The normalized spacial score (nSPS) is 40.5. The number of rotatable bonds is 2. The van der Waals surface area contributed by atoms with Gasteiger partial charge in [0, 0.05) is 12.1 Å². The molecule has 0 aromatic rings. The molecule has 2 rings (SSSR count). The van der Waals surface area contributed by atoms with Gasteiger partial charge in [-0.2, -0.15) is 0 Å². The molecule has 0 radical (unpaired) electrons. The molecule has 2 fully saturated rings. The van der Waals surface area contributed by atoms with Gasteiger partial charge in [-0.25, -0.2) is 0 Å². The predicted molar refractivity (Wildman–Crippen MR) is 55.3 cm³/mol. The van der Waals surface area contributed by atoms with E-state index in [9.17, 15) is 9.90 Å². The van der Waals surface area contributed by atoms with E-state index in [0.717, 1.165) is 12.8 Å². The average Bonchev–Trinajstić information content (AvgIpc) is 2.46. The summed E-state index contributed by atoms with van der Waals surface area (Å²) in [6, 6.07) is 0.633. The fourth-order valence-electron chi connectivity index (χ4n) is 2.99. The van der Waals surface area contributed by atoms with Gasteiger partial charge in [0.2, 0.25) is 0 Å². The maximum Gasteiger partial charge on any atom is 0.313 e. The van der Waals surface area contributed by atoms with Crippen molar-refractivity contribution in [2.75, 3.05) is 13.7 Å². The molecule has 2 aliphatic rings. The van der Waals surface area contributed by atoms with Crippen LogP contribution in [0.2, 0.25) is 0 Å².